The largest absolute Gasteiger partial charge is 0.341 e. The molecule has 1 aromatic rings. The van der Waals surface area contributed by atoms with Gasteiger partial charge in [-0.15, -0.1) is 5.10 Å². The summed E-state index contributed by atoms with van der Waals surface area (Å²) in [6.45, 7) is 11.1. The first-order valence-electron chi connectivity index (χ1n) is 6.42. The summed E-state index contributed by atoms with van der Waals surface area (Å²) in [4.78, 5) is 2.36. The molecule has 0 aliphatic carbocycles. The molecule has 0 spiro atoms. The summed E-state index contributed by atoms with van der Waals surface area (Å²) in [5.74, 6) is 2.53. The summed E-state index contributed by atoms with van der Waals surface area (Å²) in [5, 5.41) is 7.30. The summed E-state index contributed by atoms with van der Waals surface area (Å²) in [6.07, 6.45) is 1.26. The third kappa shape index (κ3) is 2.39. The minimum Gasteiger partial charge on any atom is -0.341 e. The van der Waals surface area contributed by atoms with Crippen LogP contribution in [0.15, 0.2) is 0 Å². The van der Waals surface area contributed by atoms with Crippen LogP contribution < -0.4 is 4.90 Å². The van der Waals surface area contributed by atoms with Crippen molar-refractivity contribution in [3.8, 4) is 0 Å². The molecule has 5 heteroatoms. The average Bonchev–Trinajstić information content (AvgIpc) is 2.82. The van der Waals surface area contributed by atoms with Crippen LogP contribution in [0, 0.1) is 16.6 Å². The summed E-state index contributed by atoms with van der Waals surface area (Å²) in [5.41, 5.74) is 0. The number of aromatic amines is 1. The van der Waals surface area contributed by atoms with Gasteiger partial charge in [-0.3, -0.25) is 4.57 Å². The van der Waals surface area contributed by atoms with Crippen LogP contribution in [-0.4, -0.2) is 27.9 Å². The Morgan fingerprint density at radius 3 is 2.59 bits per heavy atom. The predicted octanol–water partition coefficient (Wildman–Crippen LogP) is 3.00. The Hall–Kier alpha value is -0.840. The van der Waals surface area contributed by atoms with E-state index in [-0.39, 0.29) is 0 Å². The standard InChI is InChI=1S/C12H22N4S/c1-8(2)10-5-6-15(7-10)11-13-14-12(17)16(11)9(3)4/h8-10H,5-7H2,1-4H3,(H,14,17). The fourth-order valence-corrected chi connectivity index (χ4v) is 2.84. The SMILES string of the molecule is CC(C)C1CCN(c2n[nH]c(=S)n2C(C)C)C1. The lowest BCUT2D eigenvalue weighted by atomic mass is 9.95. The van der Waals surface area contributed by atoms with Crippen molar-refractivity contribution in [2.24, 2.45) is 11.8 Å². The van der Waals surface area contributed by atoms with Crippen molar-refractivity contribution in [2.45, 2.75) is 40.2 Å². The minimum atomic E-state index is 0.356. The Morgan fingerprint density at radius 1 is 1.35 bits per heavy atom. The van der Waals surface area contributed by atoms with E-state index in [2.05, 4.69) is 47.4 Å². The summed E-state index contributed by atoms with van der Waals surface area (Å²) < 4.78 is 2.83. The fraction of sp³-hybridized carbons (Fsp3) is 0.833. The van der Waals surface area contributed by atoms with Crippen LogP contribution in [0.5, 0.6) is 0 Å². The average molecular weight is 254 g/mol. The molecule has 0 radical (unpaired) electrons. The molecule has 0 bridgehead atoms. The Kier molecular flexibility index (Phi) is 3.56. The number of anilines is 1. The lowest BCUT2D eigenvalue weighted by Gasteiger charge is -2.21. The van der Waals surface area contributed by atoms with Gasteiger partial charge >= 0.3 is 0 Å². The molecule has 1 fully saturated rings. The van der Waals surface area contributed by atoms with Gasteiger partial charge in [-0.05, 0) is 44.3 Å². The van der Waals surface area contributed by atoms with E-state index >= 15 is 0 Å². The van der Waals surface area contributed by atoms with E-state index in [0.717, 1.165) is 35.6 Å². The van der Waals surface area contributed by atoms with Gasteiger partial charge in [0, 0.05) is 19.1 Å². The molecule has 1 atom stereocenters. The molecule has 96 valence electrons. The molecule has 0 amide bonds. The van der Waals surface area contributed by atoms with E-state index in [1.54, 1.807) is 0 Å². The van der Waals surface area contributed by atoms with Crippen molar-refractivity contribution in [1.82, 2.24) is 14.8 Å². The number of aromatic nitrogens is 3. The van der Waals surface area contributed by atoms with Crippen LogP contribution in [0.25, 0.3) is 0 Å². The monoisotopic (exact) mass is 254 g/mol. The Labute approximate surface area is 108 Å². The molecule has 1 N–H and O–H groups in total. The molecule has 1 unspecified atom stereocenters. The van der Waals surface area contributed by atoms with Gasteiger partial charge < -0.3 is 4.90 Å². The second kappa shape index (κ2) is 4.80. The normalized spacial score (nSPS) is 20.8. The maximum Gasteiger partial charge on any atom is 0.225 e. The lowest BCUT2D eigenvalue weighted by molar-refractivity contribution is 0.422. The van der Waals surface area contributed by atoms with Crippen molar-refractivity contribution >= 4 is 18.2 Å². The van der Waals surface area contributed by atoms with Crippen molar-refractivity contribution in [1.29, 1.82) is 0 Å². The Morgan fingerprint density at radius 2 is 2.06 bits per heavy atom. The van der Waals surface area contributed by atoms with Crippen LogP contribution in [-0.2, 0) is 0 Å². The van der Waals surface area contributed by atoms with Crippen LogP contribution in [0.2, 0.25) is 0 Å². The smallest absolute Gasteiger partial charge is 0.225 e. The molecular formula is C12H22N4S. The van der Waals surface area contributed by atoms with Gasteiger partial charge in [0.25, 0.3) is 0 Å². The lowest BCUT2D eigenvalue weighted by Crippen LogP contribution is -2.25. The summed E-state index contributed by atoms with van der Waals surface area (Å²) >= 11 is 5.28. The van der Waals surface area contributed by atoms with Crippen molar-refractivity contribution in [3.05, 3.63) is 4.77 Å². The van der Waals surface area contributed by atoms with Crippen molar-refractivity contribution < 1.29 is 0 Å². The molecule has 0 aromatic carbocycles. The van der Waals surface area contributed by atoms with E-state index < -0.39 is 0 Å². The van der Waals surface area contributed by atoms with Gasteiger partial charge in [0.2, 0.25) is 5.95 Å². The fourth-order valence-electron chi connectivity index (χ4n) is 2.50. The highest BCUT2D eigenvalue weighted by atomic mass is 32.1. The number of nitrogens with one attached hydrogen (secondary N) is 1. The minimum absolute atomic E-state index is 0.356. The number of H-pyrrole nitrogens is 1. The van der Waals surface area contributed by atoms with E-state index in [1.165, 1.54) is 6.42 Å². The number of hydrogen-bond donors (Lipinski definition) is 1. The highest BCUT2D eigenvalue weighted by Gasteiger charge is 2.28. The molecule has 2 heterocycles. The van der Waals surface area contributed by atoms with Gasteiger partial charge in [-0.25, -0.2) is 5.10 Å². The van der Waals surface area contributed by atoms with Crippen LogP contribution in [0.1, 0.15) is 40.2 Å². The van der Waals surface area contributed by atoms with Gasteiger partial charge in [0.15, 0.2) is 4.77 Å². The number of rotatable bonds is 3. The topological polar surface area (TPSA) is 36.9 Å². The predicted molar refractivity (Wildman–Crippen MR) is 73.0 cm³/mol. The molecule has 2 rings (SSSR count). The maximum absolute atomic E-state index is 5.28. The van der Waals surface area contributed by atoms with E-state index in [9.17, 15) is 0 Å². The maximum atomic E-state index is 5.28. The zero-order chi connectivity index (χ0) is 12.6. The van der Waals surface area contributed by atoms with Crippen LogP contribution in [0.4, 0.5) is 5.95 Å². The first-order chi connectivity index (χ1) is 8.00. The number of hydrogen-bond acceptors (Lipinski definition) is 3. The first kappa shape index (κ1) is 12.6. The third-order valence-electron chi connectivity index (χ3n) is 3.65. The Bertz CT molecular complexity index is 432. The summed E-state index contributed by atoms with van der Waals surface area (Å²) in [6, 6.07) is 0.356. The molecule has 1 aromatic heterocycles. The van der Waals surface area contributed by atoms with Crippen LogP contribution >= 0.6 is 12.2 Å². The number of nitrogens with zero attached hydrogens (tertiary/aromatic N) is 3. The van der Waals surface area contributed by atoms with Gasteiger partial charge in [0.1, 0.15) is 0 Å². The first-order valence-corrected chi connectivity index (χ1v) is 6.83. The molecule has 1 aliphatic rings. The molecular weight excluding hydrogens is 232 g/mol. The van der Waals surface area contributed by atoms with E-state index in [0.29, 0.717) is 6.04 Å². The molecule has 4 nitrogen and oxygen atoms in total. The molecule has 17 heavy (non-hydrogen) atoms. The highest BCUT2D eigenvalue weighted by Crippen LogP contribution is 2.28. The quantitative estimate of drug-likeness (QED) is 0.842. The second-order valence-electron chi connectivity index (χ2n) is 5.53. The highest BCUT2D eigenvalue weighted by molar-refractivity contribution is 7.71. The third-order valence-corrected chi connectivity index (χ3v) is 3.94. The zero-order valence-electron chi connectivity index (χ0n) is 11.1. The molecule has 1 aliphatic heterocycles. The van der Waals surface area contributed by atoms with Gasteiger partial charge in [-0.1, -0.05) is 13.8 Å². The molecule has 0 saturated carbocycles. The van der Waals surface area contributed by atoms with Crippen LogP contribution in [0.3, 0.4) is 0 Å². The Balaban J connectivity index is 2.22. The van der Waals surface area contributed by atoms with Crippen molar-refractivity contribution in [2.75, 3.05) is 18.0 Å². The van der Waals surface area contributed by atoms with Gasteiger partial charge in [-0.2, -0.15) is 0 Å². The molecule has 1 saturated heterocycles. The second-order valence-corrected chi connectivity index (χ2v) is 5.92. The van der Waals surface area contributed by atoms with Gasteiger partial charge in [0.05, 0.1) is 0 Å². The zero-order valence-corrected chi connectivity index (χ0v) is 11.9. The summed E-state index contributed by atoms with van der Waals surface area (Å²) in [7, 11) is 0. The van der Waals surface area contributed by atoms with Crippen molar-refractivity contribution in [3.63, 3.8) is 0 Å². The van der Waals surface area contributed by atoms with E-state index in [1.807, 2.05) is 0 Å². The van der Waals surface area contributed by atoms with E-state index in [4.69, 9.17) is 12.2 Å².